The highest BCUT2D eigenvalue weighted by atomic mass is 16.6. The van der Waals surface area contributed by atoms with E-state index in [0.29, 0.717) is 30.9 Å². The highest BCUT2D eigenvalue weighted by Gasteiger charge is 2.43. The van der Waals surface area contributed by atoms with E-state index >= 15 is 0 Å². The molecule has 2 heterocycles. The molecular formula is C33H44N4O6. The molecule has 2 aromatic carbocycles. The van der Waals surface area contributed by atoms with E-state index in [2.05, 4.69) is 27.0 Å². The van der Waals surface area contributed by atoms with Gasteiger partial charge in [0.05, 0.1) is 12.1 Å². The Bertz CT molecular complexity index is 1360. The third-order valence-electron chi connectivity index (χ3n) is 7.26. The first-order chi connectivity index (χ1) is 20.4. The molecule has 3 atom stereocenters. The molecule has 0 aliphatic carbocycles. The predicted molar refractivity (Wildman–Crippen MR) is 166 cm³/mol. The van der Waals surface area contributed by atoms with Crippen LogP contribution < -0.4 is 20.7 Å². The quantitative estimate of drug-likeness (QED) is 0.393. The summed E-state index contributed by atoms with van der Waals surface area (Å²) in [5.41, 5.74) is 1.30. The first kappa shape index (κ1) is 32.0. The maximum atomic E-state index is 13.7. The van der Waals surface area contributed by atoms with Crippen LogP contribution in [0.4, 0.5) is 4.79 Å². The zero-order chi connectivity index (χ0) is 31.2. The molecule has 0 aromatic heterocycles. The van der Waals surface area contributed by atoms with Gasteiger partial charge in [-0.25, -0.2) is 4.79 Å². The zero-order valence-corrected chi connectivity index (χ0v) is 25.9. The van der Waals surface area contributed by atoms with Gasteiger partial charge in [0.15, 0.2) is 0 Å². The number of aliphatic hydroxyl groups is 1. The van der Waals surface area contributed by atoms with Crippen molar-refractivity contribution in [2.45, 2.75) is 83.3 Å². The summed E-state index contributed by atoms with van der Waals surface area (Å²) in [5, 5.41) is 20.5. The van der Waals surface area contributed by atoms with E-state index < -0.39 is 29.4 Å². The summed E-state index contributed by atoms with van der Waals surface area (Å²) in [5.74, 6) is 0.579. The van der Waals surface area contributed by atoms with Crippen molar-refractivity contribution in [1.82, 2.24) is 16.0 Å². The number of methoxy groups -OCH3 is 1. The Morgan fingerprint density at radius 2 is 1.98 bits per heavy atom. The van der Waals surface area contributed by atoms with Crippen LogP contribution in [0.25, 0.3) is 6.08 Å². The molecule has 0 spiro atoms. The molecule has 2 amide bonds. The molecule has 4 rings (SSSR count). The van der Waals surface area contributed by atoms with E-state index in [4.69, 9.17) is 14.2 Å². The number of amides is 2. The normalized spacial score (nSPS) is 22.8. The molecule has 0 radical (unpaired) electrons. The van der Waals surface area contributed by atoms with Gasteiger partial charge in [0.25, 0.3) is 5.91 Å². The zero-order valence-electron chi connectivity index (χ0n) is 25.9. The van der Waals surface area contributed by atoms with Crippen LogP contribution in [0.3, 0.4) is 0 Å². The molecular weight excluding hydrogens is 548 g/mol. The Labute approximate surface area is 253 Å². The number of guanidine groups is 1. The van der Waals surface area contributed by atoms with Gasteiger partial charge in [0.2, 0.25) is 5.96 Å². The van der Waals surface area contributed by atoms with E-state index in [9.17, 15) is 14.7 Å². The van der Waals surface area contributed by atoms with Crippen LogP contribution in [-0.4, -0.2) is 60.6 Å². The fourth-order valence-corrected chi connectivity index (χ4v) is 5.06. The number of nitrogens with one attached hydrogen (secondary N) is 3. The summed E-state index contributed by atoms with van der Waals surface area (Å²) in [6.07, 6.45) is 4.50. The summed E-state index contributed by atoms with van der Waals surface area (Å²) < 4.78 is 17.0. The Hall–Kier alpha value is -3.89. The largest absolute Gasteiger partial charge is 0.485 e. The fourth-order valence-electron chi connectivity index (χ4n) is 5.06. The molecule has 10 nitrogen and oxygen atoms in total. The van der Waals surface area contributed by atoms with Gasteiger partial charge in [0, 0.05) is 31.4 Å². The number of hydrogen-bond acceptors (Lipinski definition) is 8. The van der Waals surface area contributed by atoms with Gasteiger partial charge in [-0.1, -0.05) is 30.4 Å². The number of alkyl carbamates (subject to hydrolysis) is 1. The number of hydrogen-bond donors (Lipinski definition) is 4. The molecule has 43 heavy (non-hydrogen) atoms. The second-order valence-electron chi connectivity index (χ2n) is 12.4. The molecule has 2 aliphatic heterocycles. The van der Waals surface area contributed by atoms with Gasteiger partial charge in [-0.15, -0.1) is 0 Å². The third-order valence-corrected chi connectivity index (χ3v) is 7.26. The van der Waals surface area contributed by atoms with Crippen molar-refractivity contribution < 1.29 is 28.9 Å². The lowest BCUT2D eigenvalue weighted by Crippen LogP contribution is -2.53. The van der Waals surface area contributed by atoms with Gasteiger partial charge >= 0.3 is 6.09 Å². The van der Waals surface area contributed by atoms with Crippen molar-refractivity contribution in [1.29, 1.82) is 0 Å². The van der Waals surface area contributed by atoms with Crippen molar-refractivity contribution in [3.8, 4) is 5.75 Å². The number of benzene rings is 2. The van der Waals surface area contributed by atoms with Crippen molar-refractivity contribution >= 4 is 24.0 Å². The van der Waals surface area contributed by atoms with Crippen LogP contribution in [0.15, 0.2) is 53.5 Å². The minimum atomic E-state index is -0.981. The average molecular weight is 593 g/mol. The van der Waals surface area contributed by atoms with Crippen LogP contribution in [0.5, 0.6) is 5.75 Å². The highest BCUT2D eigenvalue weighted by Crippen LogP contribution is 2.40. The van der Waals surface area contributed by atoms with E-state index in [1.165, 1.54) is 0 Å². The fraction of sp³-hybridized carbons (Fsp3) is 0.485. The molecule has 2 aromatic rings. The number of fused-ring (bicyclic) bond motifs is 3. The summed E-state index contributed by atoms with van der Waals surface area (Å²) in [6, 6.07) is 12.0. The highest BCUT2D eigenvalue weighted by molar-refractivity contribution is 5.95. The maximum absolute atomic E-state index is 13.7. The van der Waals surface area contributed by atoms with Gasteiger partial charge in [-0.2, -0.15) is 0 Å². The number of rotatable bonds is 3. The van der Waals surface area contributed by atoms with Crippen molar-refractivity contribution in [2.24, 2.45) is 4.99 Å². The van der Waals surface area contributed by atoms with Crippen LogP contribution in [0, 0.1) is 0 Å². The van der Waals surface area contributed by atoms with Gasteiger partial charge in [0.1, 0.15) is 23.1 Å². The van der Waals surface area contributed by atoms with Crippen LogP contribution in [-0.2, 0) is 9.47 Å². The van der Waals surface area contributed by atoms with Crippen LogP contribution in [0.2, 0.25) is 0 Å². The Kier molecular flexibility index (Phi) is 10.1. The number of carbonyl (C=O) groups excluding carboxylic acids is 2. The molecule has 232 valence electrons. The molecule has 10 heteroatoms. The SMILES string of the molecule is COCC[C@H]1NC(NC(=O)OC(C)(C)C)=NCCC/C=C/c2ccc3c(c2)[C@@H](NC(=O)c2cccc1c2)[C@H](O)C(C)(C)O3. The monoisotopic (exact) mass is 592 g/mol. The second-order valence-corrected chi connectivity index (χ2v) is 12.4. The third kappa shape index (κ3) is 8.58. The number of carbonyl (C=O) groups is 2. The van der Waals surface area contributed by atoms with Crippen molar-refractivity contribution in [3.63, 3.8) is 0 Å². The lowest BCUT2D eigenvalue weighted by atomic mass is 9.85. The lowest BCUT2D eigenvalue weighted by molar-refractivity contribution is -0.0627. The van der Waals surface area contributed by atoms with E-state index in [1.807, 2.05) is 50.3 Å². The van der Waals surface area contributed by atoms with Crippen molar-refractivity contribution in [2.75, 3.05) is 20.3 Å². The lowest BCUT2D eigenvalue weighted by Gasteiger charge is -2.42. The van der Waals surface area contributed by atoms with E-state index in [-0.39, 0.29) is 17.9 Å². The molecule has 2 aliphatic rings. The molecule has 0 fully saturated rings. The molecule has 4 N–H and O–H groups in total. The summed E-state index contributed by atoms with van der Waals surface area (Å²) in [4.78, 5) is 31.0. The minimum absolute atomic E-state index is 0.281. The summed E-state index contributed by atoms with van der Waals surface area (Å²) in [6.45, 7) is 9.91. The van der Waals surface area contributed by atoms with Gasteiger partial charge in [-0.3, -0.25) is 15.1 Å². The van der Waals surface area contributed by atoms with Gasteiger partial charge < -0.3 is 30.0 Å². The summed E-state index contributed by atoms with van der Waals surface area (Å²) in [7, 11) is 1.62. The van der Waals surface area contributed by atoms with Gasteiger partial charge in [-0.05, 0) is 89.3 Å². The second kappa shape index (κ2) is 13.6. The maximum Gasteiger partial charge on any atom is 0.414 e. The van der Waals surface area contributed by atoms with E-state index in [0.717, 1.165) is 29.5 Å². The number of nitrogens with zero attached hydrogens (tertiary/aromatic N) is 1. The number of allylic oxidation sites excluding steroid dienone is 1. The smallest absolute Gasteiger partial charge is 0.414 e. The molecule has 4 bridgehead atoms. The topological polar surface area (TPSA) is 131 Å². The minimum Gasteiger partial charge on any atom is -0.485 e. The standard InChI is InChI=1S/C33H44N4O6/c1-32(2,3)43-31(40)37-30-34-17-9-7-8-11-21-14-15-26-24(19-21)27(28(38)33(4,5)42-26)36-29(39)23-13-10-12-22(20-23)25(35-30)16-18-41-6/h8,10-15,19-20,25,27-28,38H,7,9,16-18H2,1-6H3,(H,36,39)(H2,34,35,37,40)/b11-8+/t25-,27-,28+/m1/s1. The number of ether oxygens (including phenoxy) is 3. The predicted octanol–water partition coefficient (Wildman–Crippen LogP) is 5.04. The molecule has 0 unspecified atom stereocenters. The first-order valence-electron chi connectivity index (χ1n) is 14.7. The summed E-state index contributed by atoms with van der Waals surface area (Å²) >= 11 is 0. The van der Waals surface area contributed by atoms with E-state index in [1.54, 1.807) is 40.0 Å². The Morgan fingerprint density at radius 1 is 1.19 bits per heavy atom. The Balaban J connectivity index is 1.72. The van der Waals surface area contributed by atoms with Crippen molar-refractivity contribution in [3.05, 3.63) is 70.8 Å². The van der Waals surface area contributed by atoms with Crippen LogP contribution >= 0.6 is 0 Å². The molecule has 0 saturated heterocycles. The van der Waals surface area contributed by atoms with Crippen LogP contribution in [0.1, 0.15) is 93.0 Å². The number of aliphatic imine (C=N–C) groups is 1. The first-order valence-corrected chi connectivity index (χ1v) is 14.7. The number of aliphatic hydroxyl groups excluding tert-OH is 1. The average Bonchev–Trinajstić information content (AvgIpc) is 2.93. The molecule has 0 saturated carbocycles. The Morgan fingerprint density at radius 3 is 2.72 bits per heavy atom.